The van der Waals surface area contributed by atoms with Gasteiger partial charge < -0.3 is 16.5 Å². The van der Waals surface area contributed by atoms with Crippen molar-refractivity contribution in [2.45, 2.75) is 46.1 Å². The van der Waals surface area contributed by atoms with Crippen LogP contribution in [0.4, 0.5) is 11.8 Å². The van der Waals surface area contributed by atoms with E-state index in [1.807, 2.05) is 30.3 Å². The van der Waals surface area contributed by atoms with Crippen molar-refractivity contribution >= 4 is 17.5 Å². The molecule has 5 nitrogen and oxygen atoms in total. The Labute approximate surface area is 150 Å². The van der Waals surface area contributed by atoms with Crippen molar-refractivity contribution in [2.24, 2.45) is 5.92 Å². The van der Waals surface area contributed by atoms with Crippen LogP contribution >= 0.6 is 0 Å². The van der Waals surface area contributed by atoms with Crippen molar-refractivity contribution in [3.63, 3.8) is 0 Å². The second-order valence-corrected chi connectivity index (χ2v) is 6.37. The number of hydrogen-bond acceptors (Lipinski definition) is 5. The third-order valence-electron chi connectivity index (χ3n) is 4.02. The number of rotatable bonds is 10. The summed E-state index contributed by atoms with van der Waals surface area (Å²) in [7, 11) is 0. The molecule has 1 radical (unpaired) electrons. The van der Waals surface area contributed by atoms with Gasteiger partial charge in [-0.1, -0.05) is 57.0 Å². The van der Waals surface area contributed by atoms with Crippen molar-refractivity contribution in [3.05, 3.63) is 54.1 Å². The SMILES string of the molecule is CCCC[CH][C@@H](C)CC(=N)c1cc(NCc2ccccc2)nc(N)n1. The van der Waals surface area contributed by atoms with E-state index in [1.165, 1.54) is 12.8 Å². The van der Waals surface area contributed by atoms with E-state index in [1.54, 1.807) is 6.07 Å². The predicted molar refractivity (Wildman–Crippen MR) is 105 cm³/mol. The average Bonchev–Trinajstić information content (AvgIpc) is 2.60. The molecule has 2 aromatic rings. The summed E-state index contributed by atoms with van der Waals surface area (Å²) in [6.07, 6.45) is 6.45. The number of nitrogens with one attached hydrogen (secondary N) is 2. The molecule has 0 fully saturated rings. The first-order valence-corrected chi connectivity index (χ1v) is 8.92. The summed E-state index contributed by atoms with van der Waals surface area (Å²) in [5.41, 5.74) is 8.08. The summed E-state index contributed by atoms with van der Waals surface area (Å²) in [5.74, 6) is 1.20. The van der Waals surface area contributed by atoms with Crippen LogP contribution in [0, 0.1) is 17.7 Å². The zero-order chi connectivity index (χ0) is 18.1. The lowest BCUT2D eigenvalue weighted by atomic mass is 9.96. The molecule has 1 heterocycles. The summed E-state index contributed by atoms with van der Waals surface area (Å²) >= 11 is 0. The van der Waals surface area contributed by atoms with Crippen LogP contribution in [0.5, 0.6) is 0 Å². The third-order valence-corrected chi connectivity index (χ3v) is 4.02. The average molecular weight is 338 g/mol. The Bertz CT molecular complexity index is 669. The maximum absolute atomic E-state index is 8.34. The molecule has 25 heavy (non-hydrogen) atoms. The first-order chi connectivity index (χ1) is 12.1. The Balaban J connectivity index is 1.96. The summed E-state index contributed by atoms with van der Waals surface area (Å²) in [4.78, 5) is 8.45. The lowest BCUT2D eigenvalue weighted by molar-refractivity contribution is 0.635. The molecule has 0 spiro atoms. The van der Waals surface area contributed by atoms with Crippen molar-refractivity contribution in [1.82, 2.24) is 9.97 Å². The van der Waals surface area contributed by atoms with E-state index in [9.17, 15) is 0 Å². The quantitative estimate of drug-likeness (QED) is 0.441. The van der Waals surface area contributed by atoms with E-state index in [2.05, 4.69) is 35.6 Å². The monoisotopic (exact) mass is 338 g/mol. The molecule has 1 aromatic heterocycles. The van der Waals surface area contributed by atoms with Gasteiger partial charge in [0.15, 0.2) is 0 Å². The number of nitrogens with zero attached hydrogens (tertiary/aromatic N) is 2. The van der Waals surface area contributed by atoms with E-state index in [-0.39, 0.29) is 5.95 Å². The first kappa shape index (κ1) is 18.9. The second kappa shape index (κ2) is 9.77. The van der Waals surface area contributed by atoms with Crippen molar-refractivity contribution < 1.29 is 0 Å². The van der Waals surface area contributed by atoms with E-state index in [4.69, 9.17) is 11.1 Å². The molecule has 0 aliphatic heterocycles. The van der Waals surface area contributed by atoms with Gasteiger partial charge in [-0.3, -0.25) is 0 Å². The Kier molecular flexibility index (Phi) is 7.38. The lowest BCUT2D eigenvalue weighted by Gasteiger charge is -2.13. The van der Waals surface area contributed by atoms with Gasteiger partial charge in [-0.25, -0.2) is 4.98 Å². The highest BCUT2D eigenvalue weighted by Gasteiger charge is 2.12. The molecule has 0 aliphatic rings. The Morgan fingerprint density at radius 2 is 2.04 bits per heavy atom. The predicted octanol–water partition coefficient (Wildman–Crippen LogP) is 4.46. The molecular formula is C20H28N5. The summed E-state index contributed by atoms with van der Waals surface area (Å²) < 4.78 is 0. The maximum atomic E-state index is 8.34. The van der Waals surface area contributed by atoms with Crippen LogP contribution in [-0.2, 0) is 6.54 Å². The standard InChI is InChI=1S/C20H28N5/c1-3-4-6-9-15(2)12-17(21)18-13-19(25-20(22)24-18)23-14-16-10-7-5-8-11-16/h5,7-11,13,15,21H,3-4,6,12,14H2,1-2H3,(H3,22,23,24,25)/t15-/m1/s1. The molecule has 0 unspecified atom stereocenters. The fraction of sp³-hybridized carbons (Fsp3) is 0.400. The summed E-state index contributed by atoms with van der Waals surface area (Å²) in [5, 5.41) is 11.6. The molecular weight excluding hydrogens is 310 g/mol. The number of unbranched alkanes of at least 4 members (excludes halogenated alkanes) is 2. The molecule has 1 aromatic carbocycles. The highest BCUT2D eigenvalue weighted by Crippen LogP contribution is 2.17. The minimum atomic E-state index is 0.195. The molecule has 2 rings (SSSR count). The molecule has 4 N–H and O–H groups in total. The number of anilines is 2. The highest BCUT2D eigenvalue weighted by molar-refractivity contribution is 5.97. The highest BCUT2D eigenvalue weighted by atomic mass is 15.1. The number of aromatic nitrogens is 2. The van der Waals surface area contributed by atoms with Crippen LogP contribution in [-0.4, -0.2) is 15.7 Å². The number of hydrogen-bond donors (Lipinski definition) is 3. The molecule has 0 aliphatic carbocycles. The Morgan fingerprint density at radius 1 is 1.28 bits per heavy atom. The van der Waals surface area contributed by atoms with Crippen LogP contribution in [0.25, 0.3) is 0 Å². The maximum Gasteiger partial charge on any atom is 0.222 e. The van der Waals surface area contributed by atoms with Crippen LogP contribution < -0.4 is 11.1 Å². The van der Waals surface area contributed by atoms with Gasteiger partial charge in [0.2, 0.25) is 5.95 Å². The van der Waals surface area contributed by atoms with E-state index in [0.717, 1.165) is 12.0 Å². The largest absolute Gasteiger partial charge is 0.368 e. The zero-order valence-corrected chi connectivity index (χ0v) is 15.1. The van der Waals surface area contributed by atoms with Crippen molar-refractivity contribution in [2.75, 3.05) is 11.1 Å². The van der Waals surface area contributed by atoms with Gasteiger partial charge in [-0.15, -0.1) is 0 Å². The van der Waals surface area contributed by atoms with Crippen molar-refractivity contribution in [1.29, 1.82) is 5.41 Å². The van der Waals surface area contributed by atoms with Crippen LogP contribution in [0.1, 0.15) is 50.8 Å². The third kappa shape index (κ3) is 6.53. The summed E-state index contributed by atoms with van der Waals surface area (Å²) in [6, 6.07) is 11.9. The number of nitrogens with two attached hydrogens (primary N) is 1. The van der Waals surface area contributed by atoms with Crippen LogP contribution in [0.15, 0.2) is 36.4 Å². The van der Waals surface area contributed by atoms with Crippen LogP contribution in [0.2, 0.25) is 0 Å². The van der Waals surface area contributed by atoms with Gasteiger partial charge in [0.25, 0.3) is 0 Å². The van der Waals surface area contributed by atoms with Gasteiger partial charge in [-0.2, -0.15) is 4.98 Å². The van der Waals surface area contributed by atoms with Gasteiger partial charge in [0.1, 0.15) is 5.82 Å². The minimum absolute atomic E-state index is 0.195. The fourth-order valence-corrected chi connectivity index (χ4v) is 2.62. The molecule has 0 amide bonds. The van der Waals surface area contributed by atoms with Crippen molar-refractivity contribution in [3.8, 4) is 0 Å². The van der Waals surface area contributed by atoms with E-state index < -0.39 is 0 Å². The second-order valence-electron chi connectivity index (χ2n) is 6.37. The Hall–Kier alpha value is -2.43. The molecule has 0 saturated heterocycles. The van der Waals surface area contributed by atoms with Gasteiger partial charge in [-0.05, 0) is 30.7 Å². The molecule has 133 valence electrons. The van der Waals surface area contributed by atoms with E-state index >= 15 is 0 Å². The topological polar surface area (TPSA) is 87.7 Å². The van der Waals surface area contributed by atoms with Gasteiger partial charge >= 0.3 is 0 Å². The lowest BCUT2D eigenvalue weighted by Crippen LogP contribution is -2.12. The normalized spacial score (nSPS) is 11.9. The van der Waals surface area contributed by atoms with Crippen LogP contribution in [0.3, 0.4) is 0 Å². The Morgan fingerprint density at radius 3 is 2.76 bits per heavy atom. The fourth-order valence-electron chi connectivity index (χ4n) is 2.62. The number of benzene rings is 1. The zero-order valence-electron chi connectivity index (χ0n) is 15.1. The molecule has 0 bridgehead atoms. The molecule has 5 heteroatoms. The smallest absolute Gasteiger partial charge is 0.222 e. The number of nitrogen functional groups attached to an aromatic ring is 1. The van der Waals surface area contributed by atoms with Gasteiger partial charge in [0, 0.05) is 12.6 Å². The molecule has 0 saturated carbocycles. The molecule has 1 atom stereocenters. The first-order valence-electron chi connectivity index (χ1n) is 8.92. The van der Waals surface area contributed by atoms with E-state index in [0.29, 0.717) is 36.1 Å². The van der Waals surface area contributed by atoms with Gasteiger partial charge in [0.05, 0.1) is 11.4 Å². The summed E-state index contributed by atoms with van der Waals surface area (Å²) in [6.45, 7) is 4.99. The minimum Gasteiger partial charge on any atom is -0.368 e.